The van der Waals surface area contributed by atoms with E-state index in [1.807, 2.05) is 53.1 Å². The minimum absolute atomic E-state index is 0.332. The van der Waals surface area contributed by atoms with Gasteiger partial charge < -0.3 is 15.5 Å². The zero-order valence-electron chi connectivity index (χ0n) is 17.7. The maximum absolute atomic E-state index is 13.8. The third kappa shape index (κ3) is 4.25. The second kappa shape index (κ2) is 8.63. The van der Waals surface area contributed by atoms with Crippen LogP contribution in [0.2, 0.25) is 0 Å². The Bertz CT molecular complexity index is 1050. The van der Waals surface area contributed by atoms with Gasteiger partial charge in [-0.15, -0.1) is 0 Å². The fraction of sp³-hybridized carbons (Fsp3) is 0.250. The first kappa shape index (κ1) is 21.2. The summed E-state index contributed by atoms with van der Waals surface area (Å²) in [6.45, 7) is 0.886. The molecule has 3 aromatic carbocycles. The second-order valence-corrected chi connectivity index (χ2v) is 8.03. The Morgan fingerprint density at radius 3 is 2.19 bits per heavy atom. The number of nitrogens with zero attached hydrogens (tertiary/aromatic N) is 3. The van der Waals surface area contributed by atoms with Gasteiger partial charge in [-0.2, -0.15) is 0 Å². The van der Waals surface area contributed by atoms with Gasteiger partial charge in [0.1, 0.15) is 6.29 Å². The van der Waals surface area contributed by atoms with Gasteiger partial charge in [-0.3, -0.25) is 5.73 Å². The summed E-state index contributed by atoms with van der Waals surface area (Å²) in [7, 11) is 4.00. The van der Waals surface area contributed by atoms with Crippen LogP contribution in [-0.2, 0) is 13.1 Å². The minimum Gasteiger partial charge on any atom is -0.378 e. The van der Waals surface area contributed by atoms with Crippen LogP contribution in [0.3, 0.4) is 0 Å². The van der Waals surface area contributed by atoms with Crippen molar-refractivity contribution in [2.45, 2.75) is 25.5 Å². The van der Waals surface area contributed by atoms with E-state index >= 15 is 0 Å². The summed E-state index contributed by atoms with van der Waals surface area (Å²) in [5.74, 6) is -1.73. The number of anilines is 2. The molecule has 0 saturated carbocycles. The molecule has 1 aliphatic heterocycles. The molecule has 0 radical (unpaired) electrons. The highest BCUT2D eigenvalue weighted by molar-refractivity contribution is 5.58. The molecule has 1 aliphatic rings. The van der Waals surface area contributed by atoms with Gasteiger partial charge >= 0.3 is 0 Å². The molecule has 2 atom stereocenters. The summed E-state index contributed by atoms with van der Waals surface area (Å²) in [6.07, 6.45) is -0.924. The molecule has 2 unspecified atom stereocenters. The third-order valence-electron chi connectivity index (χ3n) is 5.74. The Labute approximate surface area is 181 Å². The quantitative estimate of drug-likeness (QED) is 0.655. The molecule has 0 aliphatic carbocycles. The molecular formula is C24H27F2N5. The van der Waals surface area contributed by atoms with Crippen molar-refractivity contribution in [2.75, 3.05) is 23.9 Å². The highest BCUT2D eigenvalue weighted by Gasteiger charge is 2.35. The van der Waals surface area contributed by atoms with Gasteiger partial charge in [-0.05, 0) is 41.5 Å². The maximum atomic E-state index is 13.8. The van der Waals surface area contributed by atoms with Gasteiger partial charge in [-0.25, -0.2) is 13.7 Å². The summed E-state index contributed by atoms with van der Waals surface area (Å²) < 4.78 is 27.2. The molecule has 0 fully saturated rings. The first-order valence-corrected chi connectivity index (χ1v) is 10.2. The summed E-state index contributed by atoms with van der Waals surface area (Å²) in [6, 6.07) is 20.0. The van der Waals surface area contributed by atoms with E-state index in [9.17, 15) is 8.78 Å². The summed E-state index contributed by atoms with van der Waals surface area (Å²) in [4.78, 5) is 6.02. The van der Waals surface area contributed by atoms with Crippen LogP contribution in [0.15, 0.2) is 66.7 Å². The van der Waals surface area contributed by atoms with Crippen LogP contribution in [-0.4, -0.2) is 25.3 Å². The maximum Gasteiger partial charge on any atom is 0.159 e. The monoisotopic (exact) mass is 423 g/mol. The molecule has 7 heteroatoms. The molecule has 31 heavy (non-hydrogen) atoms. The molecule has 4 rings (SSSR count). The summed E-state index contributed by atoms with van der Waals surface area (Å²) in [5, 5.41) is 0. The molecule has 1 heterocycles. The average molecular weight is 424 g/mol. The number of fused-ring (bicyclic) bond motifs is 1. The van der Waals surface area contributed by atoms with Gasteiger partial charge in [-0.1, -0.05) is 36.4 Å². The fourth-order valence-electron chi connectivity index (χ4n) is 3.98. The molecule has 4 N–H and O–H groups in total. The molecule has 5 nitrogen and oxygen atoms in total. The van der Waals surface area contributed by atoms with Crippen molar-refractivity contribution in [2.24, 2.45) is 11.5 Å². The lowest BCUT2D eigenvalue weighted by Crippen LogP contribution is -2.59. The number of nitrogens with two attached hydrogens (primary N) is 2. The van der Waals surface area contributed by atoms with Crippen molar-refractivity contribution in [1.82, 2.24) is 4.90 Å². The standard InChI is InChI=1S/C24H27F2N5/c1-29(2)18-10-7-16(8-11-18)14-31-23(27)19-5-3-4-6-22(19)30(24(31)28)15-17-9-12-20(25)21(26)13-17/h3-13,23-24H,14-15,27-28H2,1-2H3. The lowest BCUT2D eigenvalue weighted by Gasteiger charge is -2.47. The van der Waals surface area contributed by atoms with Crippen molar-refractivity contribution >= 4 is 11.4 Å². The number of para-hydroxylation sites is 1. The van der Waals surface area contributed by atoms with Crippen LogP contribution < -0.4 is 21.3 Å². The van der Waals surface area contributed by atoms with Crippen molar-refractivity contribution in [3.63, 3.8) is 0 Å². The molecule has 162 valence electrons. The number of halogens is 2. The number of rotatable bonds is 5. The van der Waals surface area contributed by atoms with Crippen molar-refractivity contribution in [3.8, 4) is 0 Å². The Morgan fingerprint density at radius 2 is 1.52 bits per heavy atom. The number of hydrogen-bond donors (Lipinski definition) is 2. The predicted molar refractivity (Wildman–Crippen MR) is 120 cm³/mol. The van der Waals surface area contributed by atoms with E-state index in [-0.39, 0.29) is 6.17 Å². The van der Waals surface area contributed by atoms with E-state index in [1.165, 1.54) is 6.07 Å². The molecule has 0 amide bonds. The van der Waals surface area contributed by atoms with E-state index in [0.29, 0.717) is 18.7 Å². The van der Waals surface area contributed by atoms with Crippen LogP contribution >= 0.6 is 0 Å². The molecule has 0 aromatic heterocycles. The van der Waals surface area contributed by atoms with Crippen molar-refractivity contribution in [3.05, 3.63) is 95.1 Å². The second-order valence-electron chi connectivity index (χ2n) is 8.03. The minimum atomic E-state index is -0.870. The first-order chi connectivity index (χ1) is 14.8. The average Bonchev–Trinajstić information content (AvgIpc) is 2.77. The van der Waals surface area contributed by atoms with Crippen LogP contribution in [0.1, 0.15) is 22.9 Å². The van der Waals surface area contributed by atoms with Crippen molar-refractivity contribution < 1.29 is 8.78 Å². The van der Waals surface area contributed by atoms with Crippen LogP contribution in [0.25, 0.3) is 0 Å². The topological polar surface area (TPSA) is 61.8 Å². The molecule has 3 aromatic rings. The van der Waals surface area contributed by atoms with Crippen LogP contribution in [0, 0.1) is 11.6 Å². The zero-order valence-corrected chi connectivity index (χ0v) is 17.7. The van der Waals surface area contributed by atoms with E-state index < -0.39 is 17.9 Å². The lowest BCUT2D eigenvalue weighted by molar-refractivity contribution is 0.112. The Hall–Kier alpha value is -3.00. The Balaban J connectivity index is 1.65. The SMILES string of the molecule is CN(C)c1ccc(CN2C(N)c3ccccc3N(Cc3ccc(F)c(F)c3)C2N)cc1. The smallest absolute Gasteiger partial charge is 0.159 e. The largest absolute Gasteiger partial charge is 0.378 e. The molecule has 0 saturated heterocycles. The van der Waals surface area contributed by atoms with Gasteiger partial charge in [0, 0.05) is 44.1 Å². The Kier molecular flexibility index (Phi) is 5.91. The predicted octanol–water partition coefficient (Wildman–Crippen LogP) is 3.75. The fourth-order valence-corrected chi connectivity index (χ4v) is 3.98. The van der Waals surface area contributed by atoms with Gasteiger partial charge in [0.15, 0.2) is 11.6 Å². The van der Waals surface area contributed by atoms with Gasteiger partial charge in [0.25, 0.3) is 0 Å². The van der Waals surface area contributed by atoms with E-state index in [2.05, 4.69) is 24.3 Å². The zero-order chi connectivity index (χ0) is 22.1. The van der Waals surface area contributed by atoms with E-state index in [0.717, 1.165) is 28.6 Å². The number of benzene rings is 3. The van der Waals surface area contributed by atoms with E-state index in [4.69, 9.17) is 11.5 Å². The Morgan fingerprint density at radius 1 is 0.839 bits per heavy atom. The summed E-state index contributed by atoms with van der Waals surface area (Å²) >= 11 is 0. The summed E-state index contributed by atoms with van der Waals surface area (Å²) in [5.41, 5.74) is 17.9. The van der Waals surface area contributed by atoms with Gasteiger partial charge in [0.2, 0.25) is 0 Å². The highest BCUT2D eigenvalue weighted by atomic mass is 19.2. The van der Waals surface area contributed by atoms with Gasteiger partial charge in [0.05, 0.1) is 6.17 Å². The molecular weight excluding hydrogens is 396 g/mol. The van der Waals surface area contributed by atoms with Crippen molar-refractivity contribution in [1.29, 1.82) is 0 Å². The van der Waals surface area contributed by atoms with Crippen LogP contribution in [0.5, 0.6) is 0 Å². The first-order valence-electron chi connectivity index (χ1n) is 10.2. The highest BCUT2D eigenvalue weighted by Crippen LogP contribution is 2.36. The van der Waals surface area contributed by atoms with E-state index in [1.54, 1.807) is 6.07 Å². The third-order valence-corrected chi connectivity index (χ3v) is 5.74. The van der Waals surface area contributed by atoms with Crippen LogP contribution in [0.4, 0.5) is 20.2 Å². The molecule has 0 spiro atoms. The molecule has 0 bridgehead atoms. The normalized spacial score (nSPS) is 18.7. The number of hydrogen-bond acceptors (Lipinski definition) is 5. The lowest BCUT2D eigenvalue weighted by atomic mass is 10.0.